The van der Waals surface area contributed by atoms with Gasteiger partial charge >= 0.3 is 5.97 Å². The molecule has 0 atom stereocenters. The van der Waals surface area contributed by atoms with Gasteiger partial charge in [0.15, 0.2) is 0 Å². The molecule has 0 aliphatic carbocycles. The number of hydrogen-bond acceptors (Lipinski definition) is 3. The van der Waals surface area contributed by atoms with E-state index in [1.165, 1.54) is 0 Å². The van der Waals surface area contributed by atoms with Crippen LogP contribution in [0.1, 0.15) is 23.0 Å². The number of methoxy groups -OCH3 is 1. The maximum absolute atomic E-state index is 12.8. The predicted molar refractivity (Wildman–Crippen MR) is 108 cm³/mol. The lowest BCUT2D eigenvalue weighted by Gasteiger charge is -2.12. The molecule has 4 heteroatoms. The number of benzene rings is 3. The van der Waals surface area contributed by atoms with Crippen LogP contribution in [0.4, 0.5) is 0 Å². The van der Waals surface area contributed by atoms with Gasteiger partial charge in [-0.3, -0.25) is 0 Å². The molecule has 136 valence electrons. The molecule has 0 radical (unpaired) electrons. The number of hydrogen-bond donors (Lipinski definition) is 0. The van der Waals surface area contributed by atoms with Gasteiger partial charge in [0.1, 0.15) is 5.75 Å². The molecule has 4 rings (SSSR count). The fourth-order valence-corrected chi connectivity index (χ4v) is 3.76. The zero-order valence-electron chi connectivity index (χ0n) is 15.7. The van der Waals surface area contributed by atoms with E-state index in [-0.39, 0.29) is 5.97 Å². The summed E-state index contributed by atoms with van der Waals surface area (Å²) < 4.78 is 13.1. The van der Waals surface area contributed by atoms with Crippen molar-refractivity contribution < 1.29 is 14.3 Å². The molecule has 0 unspecified atom stereocenters. The van der Waals surface area contributed by atoms with Gasteiger partial charge in [-0.25, -0.2) is 4.79 Å². The minimum Gasteiger partial charge on any atom is -0.496 e. The quantitative estimate of drug-likeness (QED) is 0.466. The largest absolute Gasteiger partial charge is 0.496 e. The fourth-order valence-electron chi connectivity index (χ4n) is 3.76. The zero-order valence-corrected chi connectivity index (χ0v) is 15.7. The first kappa shape index (κ1) is 17.2. The molecule has 0 N–H and O–H groups in total. The lowest BCUT2D eigenvalue weighted by molar-refractivity contribution is 0.0527. The Labute approximate surface area is 157 Å². The lowest BCUT2D eigenvalue weighted by atomic mass is 10.0. The number of carbonyl (C=O) groups is 1. The number of esters is 1. The molecule has 0 aliphatic heterocycles. The van der Waals surface area contributed by atoms with Gasteiger partial charge in [0, 0.05) is 27.5 Å². The highest BCUT2D eigenvalue weighted by Crippen LogP contribution is 2.39. The van der Waals surface area contributed by atoms with Gasteiger partial charge in [-0.1, -0.05) is 42.5 Å². The van der Waals surface area contributed by atoms with E-state index >= 15 is 0 Å². The number of carbonyl (C=O) groups excluding carboxylic acids is 1. The van der Waals surface area contributed by atoms with Crippen molar-refractivity contribution in [3.05, 3.63) is 71.9 Å². The van der Waals surface area contributed by atoms with Crippen molar-refractivity contribution in [2.45, 2.75) is 13.8 Å². The zero-order chi connectivity index (χ0) is 19.0. The molecule has 4 aromatic rings. The van der Waals surface area contributed by atoms with E-state index < -0.39 is 0 Å². The summed E-state index contributed by atoms with van der Waals surface area (Å²) in [6, 6.07) is 20.1. The Morgan fingerprint density at radius 2 is 1.63 bits per heavy atom. The molecule has 0 aliphatic rings. The predicted octanol–water partition coefficient (Wildman–Crippen LogP) is 5.28. The Kier molecular flexibility index (Phi) is 4.32. The summed E-state index contributed by atoms with van der Waals surface area (Å²) in [7, 11) is 1.65. The molecule has 0 saturated heterocycles. The van der Waals surface area contributed by atoms with Crippen LogP contribution < -0.4 is 4.74 Å². The molecule has 1 aromatic heterocycles. The van der Waals surface area contributed by atoms with Crippen LogP contribution in [-0.4, -0.2) is 24.3 Å². The second-order valence-electron chi connectivity index (χ2n) is 6.37. The van der Waals surface area contributed by atoms with Crippen LogP contribution in [0.5, 0.6) is 5.75 Å². The van der Waals surface area contributed by atoms with Gasteiger partial charge in [0.2, 0.25) is 0 Å². The van der Waals surface area contributed by atoms with Gasteiger partial charge < -0.3 is 14.0 Å². The van der Waals surface area contributed by atoms with E-state index in [0.29, 0.717) is 12.2 Å². The van der Waals surface area contributed by atoms with E-state index in [0.717, 1.165) is 38.8 Å². The van der Waals surface area contributed by atoms with Gasteiger partial charge in [0.05, 0.1) is 24.8 Å². The summed E-state index contributed by atoms with van der Waals surface area (Å²) in [4.78, 5) is 12.8. The first-order chi connectivity index (χ1) is 13.2. The molecule has 0 bridgehead atoms. The number of rotatable bonds is 4. The Hall–Kier alpha value is -3.27. The minimum absolute atomic E-state index is 0.313. The van der Waals surface area contributed by atoms with E-state index in [4.69, 9.17) is 9.47 Å². The fraction of sp³-hybridized carbons (Fsp3) is 0.174. The molecule has 1 heterocycles. The van der Waals surface area contributed by atoms with Crippen LogP contribution in [0.2, 0.25) is 0 Å². The van der Waals surface area contributed by atoms with Crippen LogP contribution >= 0.6 is 0 Å². The molecular formula is C23H21NO3. The highest BCUT2D eigenvalue weighted by molar-refractivity contribution is 6.16. The number of aromatic nitrogens is 1. The van der Waals surface area contributed by atoms with Crippen molar-refractivity contribution in [1.29, 1.82) is 0 Å². The summed E-state index contributed by atoms with van der Waals surface area (Å²) in [6.45, 7) is 4.11. The van der Waals surface area contributed by atoms with Gasteiger partial charge in [-0.2, -0.15) is 0 Å². The van der Waals surface area contributed by atoms with Crippen molar-refractivity contribution in [2.24, 2.45) is 0 Å². The van der Waals surface area contributed by atoms with Crippen LogP contribution in [0.25, 0.3) is 27.4 Å². The standard InChI is InChI=1S/C23H21NO3/c1-4-27-23(25)21-15(2)24(16-10-6-5-7-11-16)22-18-13-9-8-12-17(18)20(26-3)14-19(21)22/h5-14H,4H2,1-3H3. The monoisotopic (exact) mass is 359 g/mol. The molecule has 27 heavy (non-hydrogen) atoms. The molecule has 0 spiro atoms. The summed E-state index contributed by atoms with van der Waals surface area (Å²) >= 11 is 0. The smallest absolute Gasteiger partial charge is 0.340 e. The van der Waals surface area contributed by atoms with Crippen LogP contribution in [0.3, 0.4) is 0 Å². The van der Waals surface area contributed by atoms with Crippen molar-refractivity contribution >= 4 is 27.6 Å². The van der Waals surface area contributed by atoms with E-state index in [2.05, 4.69) is 10.6 Å². The van der Waals surface area contributed by atoms with Crippen molar-refractivity contribution in [3.63, 3.8) is 0 Å². The molecule has 3 aromatic carbocycles. The Bertz CT molecular complexity index is 1140. The van der Waals surface area contributed by atoms with Crippen LogP contribution in [0, 0.1) is 6.92 Å². The Morgan fingerprint density at radius 1 is 0.963 bits per heavy atom. The number of para-hydroxylation sites is 1. The summed E-state index contributed by atoms with van der Waals surface area (Å²) in [6.07, 6.45) is 0. The van der Waals surface area contributed by atoms with Gasteiger partial charge in [0.25, 0.3) is 0 Å². The van der Waals surface area contributed by atoms with Gasteiger partial charge in [-0.05, 0) is 32.0 Å². The SMILES string of the molecule is CCOC(=O)c1c(C)n(-c2ccccc2)c2c1cc(OC)c1ccccc12. The maximum atomic E-state index is 12.8. The van der Waals surface area contributed by atoms with Crippen LogP contribution in [-0.2, 0) is 4.74 Å². The van der Waals surface area contributed by atoms with E-state index in [9.17, 15) is 4.79 Å². The summed E-state index contributed by atoms with van der Waals surface area (Å²) in [5.41, 5.74) is 3.43. The summed E-state index contributed by atoms with van der Waals surface area (Å²) in [5, 5.41) is 2.89. The third kappa shape index (κ3) is 2.65. The number of ether oxygens (including phenoxy) is 2. The third-order valence-corrected chi connectivity index (χ3v) is 4.88. The first-order valence-corrected chi connectivity index (χ1v) is 9.00. The van der Waals surface area contributed by atoms with Crippen molar-refractivity contribution in [1.82, 2.24) is 4.57 Å². The van der Waals surface area contributed by atoms with E-state index in [1.54, 1.807) is 7.11 Å². The number of fused-ring (bicyclic) bond motifs is 3. The minimum atomic E-state index is -0.313. The maximum Gasteiger partial charge on any atom is 0.340 e. The van der Waals surface area contributed by atoms with Crippen LogP contribution in [0.15, 0.2) is 60.7 Å². The Morgan fingerprint density at radius 3 is 2.30 bits per heavy atom. The second kappa shape index (κ2) is 6.80. The lowest BCUT2D eigenvalue weighted by Crippen LogP contribution is -2.07. The van der Waals surface area contributed by atoms with Crippen molar-refractivity contribution in [3.8, 4) is 11.4 Å². The molecule has 0 amide bonds. The average Bonchev–Trinajstić information content (AvgIpc) is 3.00. The normalized spacial score (nSPS) is 11.1. The van der Waals surface area contributed by atoms with Crippen molar-refractivity contribution in [2.75, 3.05) is 13.7 Å². The Balaban J connectivity index is 2.21. The van der Waals surface area contributed by atoms with Gasteiger partial charge in [-0.15, -0.1) is 0 Å². The topological polar surface area (TPSA) is 40.5 Å². The highest BCUT2D eigenvalue weighted by Gasteiger charge is 2.24. The summed E-state index contributed by atoms with van der Waals surface area (Å²) in [5.74, 6) is 0.431. The first-order valence-electron chi connectivity index (χ1n) is 9.00. The third-order valence-electron chi connectivity index (χ3n) is 4.88. The molecule has 0 fully saturated rings. The number of nitrogens with zero attached hydrogens (tertiary/aromatic N) is 1. The molecule has 4 nitrogen and oxygen atoms in total. The second-order valence-corrected chi connectivity index (χ2v) is 6.37. The van der Waals surface area contributed by atoms with E-state index in [1.807, 2.05) is 68.4 Å². The average molecular weight is 359 g/mol. The highest BCUT2D eigenvalue weighted by atomic mass is 16.5. The molecule has 0 saturated carbocycles. The molecular weight excluding hydrogens is 338 g/mol.